The highest BCUT2D eigenvalue weighted by molar-refractivity contribution is 5.88. The highest BCUT2D eigenvalue weighted by atomic mass is 16.2. The lowest BCUT2D eigenvalue weighted by molar-refractivity contribution is -0.131. The molecule has 2 amide bonds. The lowest BCUT2D eigenvalue weighted by Gasteiger charge is -2.34. The molecule has 2 rings (SSSR count). The van der Waals surface area contributed by atoms with Gasteiger partial charge in [0.25, 0.3) is 0 Å². The van der Waals surface area contributed by atoms with Crippen molar-refractivity contribution in [3.05, 3.63) is 0 Å². The first-order valence-corrected chi connectivity index (χ1v) is 10.7. The van der Waals surface area contributed by atoms with Crippen LogP contribution in [0.2, 0.25) is 0 Å². The van der Waals surface area contributed by atoms with Crippen LogP contribution in [0, 0.1) is 17.8 Å². The van der Waals surface area contributed by atoms with Crippen molar-refractivity contribution >= 4 is 11.8 Å². The molecule has 1 aliphatic heterocycles. The van der Waals surface area contributed by atoms with Gasteiger partial charge in [0.1, 0.15) is 6.04 Å². The Hall–Kier alpha value is -1.10. The lowest BCUT2D eigenvalue weighted by atomic mass is 9.99. The van der Waals surface area contributed by atoms with Crippen molar-refractivity contribution in [2.24, 2.45) is 17.8 Å². The third-order valence-corrected chi connectivity index (χ3v) is 5.78. The minimum atomic E-state index is -0.433. The first kappa shape index (κ1) is 21.2. The monoisotopic (exact) mass is 365 g/mol. The number of likely N-dealkylation sites (tertiary alicyclic amines) is 1. The summed E-state index contributed by atoms with van der Waals surface area (Å²) in [5.74, 6) is 1.23. The van der Waals surface area contributed by atoms with Gasteiger partial charge in [0, 0.05) is 32.1 Å². The standard InChI is InChI=1S/C21H39N3O2/c1-15(2)13-19(25)23-20(16(3)4)21(26)22-18-9-11-24(12-10-18)14-17-7-5-6-8-17/h15-18,20H,5-14H2,1-4H3,(H,22,26)(H,23,25). The second kappa shape index (κ2) is 10.3. The summed E-state index contributed by atoms with van der Waals surface area (Å²) in [4.78, 5) is 27.3. The Kier molecular flexibility index (Phi) is 8.39. The zero-order chi connectivity index (χ0) is 19.1. The average molecular weight is 366 g/mol. The maximum atomic E-state index is 12.7. The minimum absolute atomic E-state index is 0.0219. The van der Waals surface area contributed by atoms with Gasteiger partial charge in [0.15, 0.2) is 0 Å². The topological polar surface area (TPSA) is 61.4 Å². The van der Waals surface area contributed by atoms with Crippen LogP contribution in [0.1, 0.15) is 72.6 Å². The molecule has 0 spiro atoms. The van der Waals surface area contributed by atoms with Crippen LogP contribution in [0.3, 0.4) is 0 Å². The highest BCUT2D eigenvalue weighted by Gasteiger charge is 2.28. The zero-order valence-corrected chi connectivity index (χ0v) is 17.2. The molecule has 2 fully saturated rings. The van der Waals surface area contributed by atoms with Crippen LogP contribution in [0.4, 0.5) is 0 Å². The predicted octanol–water partition coefficient (Wildman–Crippen LogP) is 2.94. The van der Waals surface area contributed by atoms with Gasteiger partial charge < -0.3 is 15.5 Å². The Labute approximate surface area is 159 Å². The second-order valence-electron chi connectivity index (χ2n) is 9.12. The van der Waals surface area contributed by atoms with Gasteiger partial charge >= 0.3 is 0 Å². The summed E-state index contributed by atoms with van der Waals surface area (Å²) in [5.41, 5.74) is 0. The van der Waals surface area contributed by atoms with Gasteiger partial charge in [-0.3, -0.25) is 9.59 Å². The molecule has 2 N–H and O–H groups in total. The maximum Gasteiger partial charge on any atom is 0.243 e. The number of hydrogen-bond donors (Lipinski definition) is 2. The summed E-state index contributed by atoms with van der Waals surface area (Å²) in [6, 6.07) is -0.191. The Balaban J connectivity index is 1.75. The molecule has 0 bridgehead atoms. The van der Waals surface area contributed by atoms with Gasteiger partial charge in [-0.2, -0.15) is 0 Å². The van der Waals surface area contributed by atoms with E-state index in [0.29, 0.717) is 12.3 Å². The van der Waals surface area contributed by atoms with E-state index in [9.17, 15) is 9.59 Å². The highest BCUT2D eigenvalue weighted by Crippen LogP contribution is 2.26. The molecule has 0 radical (unpaired) electrons. The maximum absolute atomic E-state index is 12.7. The van der Waals surface area contributed by atoms with Crippen LogP contribution in [0.25, 0.3) is 0 Å². The Morgan fingerprint density at radius 2 is 1.62 bits per heavy atom. The molecule has 1 saturated carbocycles. The number of nitrogens with zero attached hydrogens (tertiary/aromatic N) is 1. The first-order chi connectivity index (χ1) is 12.3. The second-order valence-corrected chi connectivity index (χ2v) is 9.12. The van der Waals surface area contributed by atoms with Crippen molar-refractivity contribution in [1.82, 2.24) is 15.5 Å². The largest absolute Gasteiger partial charge is 0.351 e. The smallest absolute Gasteiger partial charge is 0.243 e. The van der Waals surface area contributed by atoms with Crippen LogP contribution in [-0.4, -0.2) is 48.4 Å². The Morgan fingerprint density at radius 1 is 1.00 bits per heavy atom. The normalized spacial score (nSPS) is 21.3. The van der Waals surface area contributed by atoms with Gasteiger partial charge in [-0.15, -0.1) is 0 Å². The van der Waals surface area contributed by atoms with Crippen molar-refractivity contribution in [3.63, 3.8) is 0 Å². The molecule has 26 heavy (non-hydrogen) atoms. The first-order valence-electron chi connectivity index (χ1n) is 10.7. The van der Waals surface area contributed by atoms with Crippen LogP contribution < -0.4 is 10.6 Å². The molecular weight excluding hydrogens is 326 g/mol. The van der Waals surface area contributed by atoms with E-state index in [1.54, 1.807) is 0 Å². The van der Waals surface area contributed by atoms with E-state index >= 15 is 0 Å². The average Bonchev–Trinajstić information content (AvgIpc) is 3.06. The quantitative estimate of drug-likeness (QED) is 0.695. The fraction of sp³-hybridized carbons (Fsp3) is 0.905. The van der Waals surface area contributed by atoms with Crippen LogP contribution in [0.5, 0.6) is 0 Å². The van der Waals surface area contributed by atoms with Crippen molar-refractivity contribution < 1.29 is 9.59 Å². The summed E-state index contributed by atoms with van der Waals surface area (Å²) >= 11 is 0. The number of hydrogen-bond acceptors (Lipinski definition) is 3. The molecule has 0 aromatic carbocycles. The van der Waals surface area contributed by atoms with Crippen molar-refractivity contribution in [1.29, 1.82) is 0 Å². The number of rotatable bonds is 8. The van der Waals surface area contributed by atoms with Gasteiger partial charge in [-0.1, -0.05) is 40.5 Å². The van der Waals surface area contributed by atoms with Crippen LogP contribution in [0.15, 0.2) is 0 Å². The molecule has 5 nitrogen and oxygen atoms in total. The molecule has 5 heteroatoms. The van der Waals surface area contributed by atoms with Gasteiger partial charge in [-0.25, -0.2) is 0 Å². The summed E-state index contributed by atoms with van der Waals surface area (Å²) < 4.78 is 0. The fourth-order valence-electron chi connectivity index (χ4n) is 4.25. The van der Waals surface area contributed by atoms with Crippen LogP contribution in [-0.2, 0) is 9.59 Å². The van der Waals surface area contributed by atoms with Gasteiger partial charge in [-0.05, 0) is 43.4 Å². The van der Waals surface area contributed by atoms with Crippen molar-refractivity contribution in [2.45, 2.75) is 84.7 Å². The Morgan fingerprint density at radius 3 is 2.15 bits per heavy atom. The molecule has 1 heterocycles. The van der Waals surface area contributed by atoms with E-state index in [1.165, 1.54) is 32.2 Å². The summed E-state index contributed by atoms with van der Waals surface area (Å²) in [5, 5.41) is 6.13. The van der Waals surface area contributed by atoms with E-state index in [2.05, 4.69) is 15.5 Å². The van der Waals surface area contributed by atoms with Crippen molar-refractivity contribution in [2.75, 3.05) is 19.6 Å². The molecule has 1 aliphatic carbocycles. The number of nitrogens with one attached hydrogen (secondary N) is 2. The number of carbonyl (C=O) groups excluding carboxylic acids is 2. The molecule has 1 atom stereocenters. The number of amides is 2. The summed E-state index contributed by atoms with van der Waals surface area (Å²) in [6.45, 7) is 11.4. The molecular formula is C21H39N3O2. The van der Waals surface area contributed by atoms with E-state index in [0.717, 1.165) is 31.8 Å². The zero-order valence-electron chi connectivity index (χ0n) is 17.2. The van der Waals surface area contributed by atoms with E-state index in [4.69, 9.17) is 0 Å². The van der Waals surface area contributed by atoms with E-state index < -0.39 is 6.04 Å². The lowest BCUT2D eigenvalue weighted by Crippen LogP contribution is -2.54. The SMILES string of the molecule is CC(C)CC(=O)NC(C(=O)NC1CCN(CC2CCCC2)CC1)C(C)C. The van der Waals surface area contributed by atoms with Crippen LogP contribution >= 0.6 is 0 Å². The third-order valence-electron chi connectivity index (χ3n) is 5.78. The third kappa shape index (κ3) is 6.90. The van der Waals surface area contributed by atoms with E-state index in [1.807, 2.05) is 27.7 Å². The van der Waals surface area contributed by atoms with Gasteiger partial charge in [0.05, 0.1) is 0 Å². The fourth-order valence-corrected chi connectivity index (χ4v) is 4.25. The van der Waals surface area contributed by atoms with Crippen molar-refractivity contribution in [3.8, 4) is 0 Å². The molecule has 1 saturated heterocycles. The summed E-state index contributed by atoms with van der Waals surface area (Å²) in [7, 11) is 0. The molecule has 0 aromatic rings. The number of piperidine rings is 1. The van der Waals surface area contributed by atoms with E-state index in [-0.39, 0.29) is 23.8 Å². The van der Waals surface area contributed by atoms with Gasteiger partial charge in [0.2, 0.25) is 11.8 Å². The molecule has 0 aromatic heterocycles. The molecule has 150 valence electrons. The minimum Gasteiger partial charge on any atom is -0.351 e. The molecule has 2 aliphatic rings. The molecule has 1 unspecified atom stereocenters. The predicted molar refractivity (Wildman–Crippen MR) is 106 cm³/mol. The Bertz CT molecular complexity index is 450. The number of carbonyl (C=O) groups is 2. The summed E-state index contributed by atoms with van der Waals surface area (Å²) in [6.07, 6.45) is 8.08.